The summed E-state index contributed by atoms with van der Waals surface area (Å²) in [5, 5.41) is 39.7. The van der Waals surface area contributed by atoms with Crippen LogP contribution in [-0.2, 0) is 41.5 Å². The number of ether oxygens (including phenoxy) is 2. The van der Waals surface area contributed by atoms with Crippen molar-refractivity contribution in [3.63, 3.8) is 0 Å². The molecule has 1 saturated heterocycles. The molecule has 0 spiro atoms. The van der Waals surface area contributed by atoms with E-state index in [0.29, 0.717) is 54.7 Å². The molecule has 11 rings (SSSR count). The third-order valence-corrected chi connectivity index (χ3v) is 19.7. The molecule has 10 bridgehead atoms. The number of aliphatic hydroxyl groups is 1. The lowest BCUT2D eigenvalue weighted by Crippen LogP contribution is -2.54. The molecular formula is C60H60N14O12S5. The number of thiazole rings is 4. The average Bonchev–Trinajstić information content (AvgIpc) is 1.72. The van der Waals surface area contributed by atoms with Crippen molar-refractivity contribution in [2.45, 2.75) is 88.9 Å². The van der Waals surface area contributed by atoms with Crippen molar-refractivity contribution in [1.82, 2.24) is 56.1 Å². The van der Waals surface area contributed by atoms with E-state index < -0.39 is 90.3 Å². The van der Waals surface area contributed by atoms with E-state index >= 15 is 4.79 Å². The topological polar surface area (TPSA) is 385 Å². The van der Waals surface area contributed by atoms with E-state index in [1.54, 1.807) is 34.5 Å². The van der Waals surface area contributed by atoms with E-state index in [4.69, 9.17) is 45.3 Å². The lowest BCUT2D eigenvalue weighted by Gasteiger charge is -2.33. The van der Waals surface area contributed by atoms with Crippen LogP contribution in [0.2, 0.25) is 0 Å². The zero-order valence-corrected chi connectivity index (χ0v) is 53.0. The number of nitrogens with two attached hydrogens (primary N) is 2. The van der Waals surface area contributed by atoms with Crippen LogP contribution in [0.1, 0.15) is 97.1 Å². The van der Waals surface area contributed by atoms with E-state index in [1.165, 1.54) is 71.2 Å². The van der Waals surface area contributed by atoms with Crippen molar-refractivity contribution in [2.24, 2.45) is 22.4 Å². The van der Waals surface area contributed by atoms with Crippen LogP contribution in [0.4, 0.5) is 0 Å². The van der Waals surface area contributed by atoms with Crippen molar-refractivity contribution in [2.75, 3.05) is 32.2 Å². The molecular weight excluding hydrogens is 1270 g/mol. The number of nitrogens with zero attached hydrogens (tertiary/aromatic N) is 8. The Morgan fingerprint density at radius 2 is 1.45 bits per heavy atom. The van der Waals surface area contributed by atoms with E-state index in [0.717, 1.165) is 28.2 Å². The second kappa shape index (κ2) is 28.2. The first-order valence-corrected chi connectivity index (χ1v) is 33.1. The fourth-order valence-electron chi connectivity index (χ4n) is 10.4. The summed E-state index contributed by atoms with van der Waals surface area (Å²) in [7, 11) is 0. The number of thioether (sulfide) groups is 1. The molecule has 9 heterocycles. The number of aryl methyl sites for hydroxylation is 1. The lowest BCUT2D eigenvalue weighted by molar-refractivity contribution is -0.151. The molecule has 91 heavy (non-hydrogen) atoms. The minimum Gasteiger partial charge on any atom is -0.508 e. The molecule has 8 aromatic rings. The van der Waals surface area contributed by atoms with Gasteiger partial charge in [-0.25, -0.2) is 29.9 Å². The number of benzene rings is 2. The SMILES string of the molecule is Cc1oc2nc1C(=O)NC(CC(N)=O)c1nc(cs1)C(=O)NC(Cc1ccccc1)C1=NC(CS1)C(=O)NC(Cc1ccc(O)cc1)C(=O)N1C(OCCOCCO)CC(C)C1c1nc(cs1)-c1nc(cs1)-c1nc(-c3nc(C(=O)N[C@@H](C)C(N)=O)cs3)ccc1-2. The van der Waals surface area contributed by atoms with Crippen molar-refractivity contribution in [1.29, 1.82) is 0 Å². The zero-order valence-electron chi connectivity index (χ0n) is 48.9. The van der Waals surface area contributed by atoms with Gasteiger partial charge < -0.3 is 61.7 Å². The van der Waals surface area contributed by atoms with E-state index in [-0.39, 0.29) is 96.1 Å². The number of carbonyl (C=O) groups excluding carboxylic acids is 7. The number of fused-ring (bicyclic) bond motifs is 15. The van der Waals surface area contributed by atoms with Gasteiger partial charge in [0.25, 0.3) is 17.7 Å². The monoisotopic (exact) mass is 1330 g/mol. The number of hydrogen-bond donors (Lipinski definition) is 8. The molecule has 1 fully saturated rings. The van der Waals surface area contributed by atoms with Gasteiger partial charge >= 0.3 is 0 Å². The number of primary amides is 2. The van der Waals surface area contributed by atoms with Gasteiger partial charge in [-0.15, -0.1) is 57.1 Å². The van der Waals surface area contributed by atoms with Crippen LogP contribution in [0.25, 0.3) is 44.2 Å². The van der Waals surface area contributed by atoms with E-state index in [1.807, 2.05) is 42.6 Å². The van der Waals surface area contributed by atoms with Crippen LogP contribution in [0, 0.1) is 12.8 Å². The number of oxazole rings is 1. The van der Waals surface area contributed by atoms with Crippen LogP contribution in [-0.4, -0.2) is 154 Å². The van der Waals surface area contributed by atoms with Crippen molar-refractivity contribution in [3.05, 3.63) is 132 Å². The number of aromatic hydroxyl groups is 1. The van der Waals surface area contributed by atoms with Gasteiger partial charge in [0.15, 0.2) is 5.69 Å². The molecule has 472 valence electrons. The van der Waals surface area contributed by atoms with Gasteiger partial charge in [0.05, 0.1) is 67.3 Å². The molecule has 26 nitrogen and oxygen atoms in total. The first-order chi connectivity index (χ1) is 43.9. The maximum absolute atomic E-state index is 15.7. The summed E-state index contributed by atoms with van der Waals surface area (Å²) in [5.41, 5.74) is 14.1. The summed E-state index contributed by atoms with van der Waals surface area (Å²) in [4.78, 5) is 132. The molecule has 0 saturated carbocycles. The summed E-state index contributed by atoms with van der Waals surface area (Å²) in [5.74, 6) is -4.54. The number of aliphatic imine (C=N–C) groups is 1. The quantitative estimate of drug-likeness (QED) is 0.0562. The minimum absolute atomic E-state index is 0.00341. The van der Waals surface area contributed by atoms with Gasteiger partial charge in [0.1, 0.15) is 84.4 Å². The molecule has 3 aliphatic heterocycles. The second-order valence-electron chi connectivity index (χ2n) is 21.5. The molecule has 0 radical (unpaired) electrons. The molecule has 2 aromatic carbocycles. The third kappa shape index (κ3) is 14.7. The zero-order chi connectivity index (χ0) is 64.0. The van der Waals surface area contributed by atoms with E-state index in [9.17, 15) is 39.0 Å². The molecule has 7 amide bonds. The summed E-state index contributed by atoms with van der Waals surface area (Å²) in [6.45, 7) is 5.06. The number of aromatic nitrogens is 6. The average molecular weight is 1330 g/mol. The largest absolute Gasteiger partial charge is 0.508 e. The van der Waals surface area contributed by atoms with Crippen molar-refractivity contribution >= 4 is 104 Å². The van der Waals surface area contributed by atoms with Crippen LogP contribution >= 0.6 is 57.1 Å². The number of carbonyl (C=O) groups is 7. The lowest BCUT2D eigenvalue weighted by atomic mass is 10.0. The number of nitrogens with one attached hydrogen (secondary N) is 4. The highest BCUT2D eigenvalue weighted by atomic mass is 32.2. The maximum Gasteiger partial charge on any atom is 0.274 e. The summed E-state index contributed by atoms with van der Waals surface area (Å²) < 4.78 is 18.2. The van der Waals surface area contributed by atoms with Gasteiger partial charge in [-0.1, -0.05) is 49.4 Å². The third-order valence-electron chi connectivity index (χ3n) is 15.0. The van der Waals surface area contributed by atoms with Gasteiger partial charge in [-0.05, 0) is 68.0 Å². The Kier molecular flexibility index (Phi) is 19.8. The highest BCUT2D eigenvalue weighted by Gasteiger charge is 2.47. The first kappa shape index (κ1) is 63.9. The molecule has 6 aromatic heterocycles. The Labute approximate surface area is 539 Å². The smallest absolute Gasteiger partial charge is 0.274 e. The number of phenols is 1. The van der Waals surface area contributed by atoms with Gasteiger partial charge in [0.2, 0.25) is 29.5 Å². The van der Waals surface area contributed by atoms with Crippen molar-refractivity contribution in [3.8, 4) is 50.0 Å². The maximum atomic E-state index is 15.7. The second-order valence-corrected chi connectivity index (χ2v) is 26.1. The predicted octanol–water partition coefficient (Wildman–Crippen LogP) is 5.38. The first-order valence-electron chi connectivity index (χ1n) is 28.6. The Morgan fingerprint density at radius 1 is 0.747 bits per heavy atom. The van der Waals surface area contributed by atoms with Crippen molar-refractivity contribution < 1.29 is 57.7 Å². The van der Waals surface area contributed by atoms with Crippen LogP contribution in [0.5, 0.6) is 5.75 Å². The molecule has 10 N–H and O–H groups in total. The summed E-state index contributed by atoms with van der Waals surface area (Å²) in [6, 6.07) is 13.2. The number of rotatable bonds is 16. The van der Waals surface area contributed by atoms with Crippen LogP contribution < -0.4 is 32.7 Å². The fourth-order valence-corrected chi connectivity index (χ4v) is 15.0. The van der Waals surface area contributed by atoms with Gasteiger partial charge in [-0.2, -0.15) is 0 Å². The summed E-state index contributed by atoms with van der Waals surface area (Å²) in [6.07, 6.45) is -0.587. The Morgan fingerprint density at radius 3 is 2.22 bits per heavy atom. The molecule has 8 atom stereocenters. The van der Waals surface area contributed by atoms with Crippen LogP contribution in [0.15, 0.2) is 97.7 Å². The molecule has 3 aliphatic rings. The summed E-state index contributed by atoms with van der Waals surface area (Å²) >= 11 is 5.98. The standard InChI is InChI=1S/C60H60N14O12S5/c1-28-19-45(85-18-17-84-16-15-75)74-48(28)59-72-43(27-91-59)58-68-39(23-87-58)47-34(13-14-35(64-47)55-69-40(24-88-55)50(79)63-29(2)49(62)78)54-73-46(30(3)86-54)53(82)66-37(22-44(61)77)57-71-41(25-90-57)51(80)65-36(20-31-7-5-4-6-8-31)56-70-42(26-89-56)52(81)67-38(60(74)83)21-32-9-11-33(76)12-10-32/h4-14,23-25,27-29,36-38,42,45,48,75-76H,15-22,26H2,1-3H3,(H2,61,77)(H2,62,78)(H,63,79)(H,65,80)(H,66,82)(H,67,81)/t28?,29-,36?,37?,38?,42?,45?,48?/m0/s1. The van der Waals surface area contributed by atoms with Gasteiger partial charge in [0, 0.05) is 33.7 Å². The Bertz CT molecular complexity index is 4060. The highest BCUT2D eigenvalue weighted by Crippen LogP contribution is 2.45. The highest BCUT2D eigenvalue weighted by molar-refractivity contribution is 8.14. The molecule has 7 unspecified atom stereocenters. The molecule has 31 heteroatoms. The number of phenolic OH excluding ortho intramolecular Hbond substituents is 1. The number of amides is 7. The van der Waals surface area contributed by atoms with Gasteiger partial charge in [-0.3, -0.25) is 38.6 Å². The number of hydrogen-bond acceptors (Lipinski definition) is 24. The number of pyridine rings is 1. The minimum atomic E-state index is -1.20. The number of aliphatic hydroxyl groups excluding tert-OH is 1. The predicted molar refractivity (Wildman–Crippen MR) is 340 cm³/mol. The normalized spacial score (nSPS) is 20.6. The molecule has 0 aliphatic carbocycles. The van der Waals surface area contributed by atoms with E-state index in [2.05, 4.69) is 36.2 Å². The van der Waals surface area contributed by atoms with Crippen LogP contribution in [0.3, 0.4) is 0 Å². The fraction of sp³-hybridized carbons (Fsp3) is 0.333. The Balaban J connectivity index is 1.01. The Hall–Kier alpha value is -8.69.